The molecule has 0 aromatic carbocycles. The van der Waals surface area contributed by atoms with E-state index in [0.29, 0.717) is 19.4 Å². The molecule has 0 aliphatic carbocycles. The number of hydrogen-bond donors (Lipinski definition) is 1. The summed E-state index contributed by atoms with van der Waals surface area (Å²) in [5, 5.41) is 2.78. The van der Waals surface area contributed by atoms with Crippen LogP contribution in [0.4, 0.5) is 0 Å². The van der Waals surface area contributed by atoms with Gasteiger partial charge in [-0.1, -0.05) is 71.1 Å². The summed E-state index contributed by atoms with van der Waals surface area (Å²) >= 11 is 0. The zero-order chi connectivity index (χ0) is 17.2. The molecule has 0 radical (unpaired) electrons. The lowest BCUT2D eigenvalue weighted by Crippen LogP contribution is -2.24. The van der Waals surface area contributed by atoms with E-state index >= 15 is 0 Å². The molecule has 0 saturated heterocycles. The highest BCUT2D eigenvalue weighted by atomic mass is 31.1. The third kappa shape index (κ3) is 19.4. The Morgan fingerprint density at radius 1 is 0.913 bits per heavy atom. The molecular weight excluding hydrogens is 313 g/mol. The highest BCUT2D eigenvalue weighted by Gasteiger charge is 2.03. The molecule has 0 aromatic heterocycles. The van der Waals surface area contributed by atoms with Gasteiger partial charge in [-0.15, -0.1) is 4.52 Å². The molecule has 0 saturated carbocycles. The lowest BCUT2D eigenvalue weighted by atomic mass is 10.1. The monoisotopic (exact) mass is 347 g/mol. The van der Waals surface area contributed by atoms with Crippen LogP contribution in [0.25, 0.3) is 0 Å². The van der Waals surface area contributed by atoms with Crippen LogP contribution in [-0.4, -0.2) is 19.1 Å². The molecule has 1 atom stereocenters. The van der Waals surface area contributed by atoms with E-state index in [1.54, 1.807) is 0 Å². The van der Waals surface area contributed by atoms with Gasteiger partial charge in [0.1, 0.15) is 6.61 Å². The molecule has 0 bridgehead atoms. The smallest absolute Gasteiger partial charge is 0.488 e. The van der Waals surface area contributed by atoms with Crippen molar-refractivity contribution in [3.8, 4) is 0 Å². The first-order chi connectivity index (χ1) is 11.2. The van der Waals surface area contributed by atoms with Crippen LogP contribution in [0.1, 0.15) is 90.4 Å². The van der Waals surface area contributed by atoms with Crippen LogP contribution in [0.5, 0.6) is 0 Å². The number of unbranched alkanes of at least 4 members (excludes halogenated alkanes) is 10. The summed E-state index contributed by atoms with van der Waals surface area (Å²) in [5.74, 6) is 0.0486. The molecular formula is C17H34NO4P. The molecule has 0 aromatic rings. The number of rotatable bonds is 17. The number of carbonyl (C=O) groups is 1. The molecule has 0 aliphatic heterocycles. The predicted octanol–water partition coefficient (Wildman–Crippen LogP) is 4.23. The fourth-order valence-electron chi connectivity index (χ4n) is 2.48. The second-order valence-electron chi connectivity index (χ2n) is 6.05. The first-order valence-corrected chi connectivity index (χ1v) is 10.3. The predicted molar refractivity (Wildman–Crippen MR) is 92.3 cm³/mol. The minimum absolute atomic E-state index is 0.0486. The van der Waals surface area contributed by atoms with E-state index < -0.39 is 8.25 Å². The molecule has 0 fully saturated rings. The van der Waals surface area contributed by atoms with Gasteiger partial charge in [-0.2, -0.15) is 0 Å². The van der Waals surface area contributed by atoms with Gasteiger partial charge in [-0.25, -0.2) is 0 Å². The van der Waals surface area contributed by atoms with Crippen LogP contribution >= 0.6 is 8.25 Å². The second-order valence-corrected chi connectivity index (χ2v) is 6.75. The number of nitrogens with one attached hydrogen (secondary N) is 1. The van der Waals surface area contributed by atoms with Crippen molar-refractivity contribution in [3.63, 3.8) is 0 Å². The summed E-state index contributed by atoms with van der Waals surface area (Å²) < 4.78 is 14.6. The number of carbonyl (C=O) groups excluding carboxylic acids is 1. The van der Waals surface area contributed by atoms with Crippen LogP contribution in [0.3, 0.4) is 0 Å². The lowest BCUT2D eigenvalue weighted by Gasteiger charge is -2.04. The zero-order valence-corrected chi connectivity index (χ0v) is 15.6. The van der Waals surface area contributed by atoms with Gasteiger partial charge < -0.3 is 10.2 Å². The fraction of sp³-hybridized carbons (Fsp3) is 0.941. The van der Waals surface area contributed by atoms with Gasteiger partial charge in [-0.3, -0.25) is 4.79 Å². The highest BCUT2D eigenvalue weighted by molar-refractivity contribution is 7.30. The third-order valence-electron chi connectivity index (χ3n) is 3.85. The maximum absolute atomic E-state index is 11.5. The number of amides is 1. The Balaban J connectivity index is 3.16. The Kier molecular flexibility index (Phi) is 17.4. The van der Waals surface area contributed by atoms with Crippen molar-refractivity contribution in [2.24, 2.45) is 0 Å². The molecule has 1 N–H and O–H groups in total. The normalized spacial score (nSPS) is 11.5. The maximum Gasteiger partial charge on any atom is 0.488 e. The molecule has 0 heterocycles. The summed E-state index contributed by atoms with van der Waals surface area (Å²) in [7, 11) is -2.77. The van der Waals surface area contributed by atoms with Crippen molar-refractivity contribution in [2.45, 2.75) is 90.4 Å². The van der Waals surface area contributed by atoms with Gasteiger partial charge in [0.15, 0.2) is 0 Å². The summed E-state index contributed by atoms with van der Waals surface area (Å²) in [5.41, 5.74) is 0. The van der Waals surface area contributed by atoms with Gasteiger partial charge in [-0.05, 0) is 17.4 Å². The van der Waals surface area contributed by atoms with E-state index in [1.807, 2.05) is 0 Å². The molecule has 0 aliphatic rings. The summed E-state index contributed by atoms with van der Waals surface area (Å²) in [6.45, 7) is 2.85. The molecule has 23 heavy (non-hydrogen) atoms. The van der Waals surface area contributed by atoms with Crippen molar-refractivity contribution in [1.82, 2.24) is 5.32 Å². The molecule has 136 valence electrons. The van der Waals surface area contributed by atoms with Gasteiger partial charge in [0.05, 0.1) is 0 Å². The van der Waals surface area contributed by atoms with E-state index in [-0.39, 0.29) is 12.5 Å². The van der Waals surface area contributed by atoms with Gasteiger partial charge >= 0.3 is 8.25 Å². The van der Waals surface area contributed by atoms with Crippen LogP contribution in [0.15, 0.2) is 0 Å². The Morgan fingerprint density at radius 3 is 1.96 bits per heavy atom. The Bertz CT molecular complexity index is 300. The summed E-state index contributed by atoms with van der Waals surface area (Å²) in [6.07, 6.45) is 15.1. The molecule has 1 unspecified atom stereocenters. The molecule has 1 amide bonds. The van der Waals surface area contributed by atoms with Gasteiger partial charge in [0.25, 0.3) is 0 Å². The van der Waals surface area contributed by atoms with Crippen molar-refractivity contribution >= 4 is 14.2 Å². The van der Waals surface area contributed by atoms with Crippen LogP contribution in [0.2, 0.25) is 0 Å². The third-order valence-corrected chi connectivity index (χ3v) is 4.24. The van der Waals surface area contributed by atoms with Gasteiger partial charge in [0.2, 0.25) is 5.91 Å². The minimum Gasteiger partial charge on any atom is -0.566 e. The Hall–Kier alpha value is -0.510. The topological polar surface area (TPSA) is 78.5 Å². The second kappa shape index (κ2) is 17.8. The molecule has 0 rings (SSSR count). The highest BCUT2D eigenvalue weighted by Crippen LogP contribution is 2.12. The van der Waals surface area contributed by atoms with Crippen molar-refractivity contribution < 1.29 is 18.8 Å². The Labute approximate surface area is 142 Å². The van der Waals surface area contributed by atoms with Crippen molar-refractivity contribution in [3.05, 3.63) is 0 Å². The minimum atomic E-state index is -2.77. The van der Waals surface area contributed by atoms with Crippen molar-refractivity contribution in [1.29, 1.82) is 0 Å². The van der Waals surface area contributed by atoms with Crippen LogP contribution < -0.4 is 10.2 Å². The number of hydrogen-bond acceptors (Lipinski definition) is 4. The quantitative estimate of drug-likeness (QED) is 0.315. The fourth-order valence-corrected chi connectivity index (χ4v) is 2.76. The van der Waals surface area contributed by atoms with Crippen molar-refractivity contribution in [2.75, 3.05) is 13.2 Å². The molecule has 0 spiro atoms. The largest absolute Gasteiger partial charge is 0.566 e. The molecule has 5 nitrogen and oxygen atoms in total. The lowest BCUT2D eigenvalue weighted by molar-refractivity contribution is -0.185. The summed E-state index contributed by atoms with van der Waals surface area (Å²) in [4.78, 5) is 21.7. The van der Waals surface area contributed by atoms with Crippen LogP contribution in [0, 0.1) is 0 Å². The average Bonchev–Trinajstić information content (AvgIpc) is 2.52. The van der Waals surface area contributed by atoms with E-state index in [2.05, 4.69) is 16.8 Å². The van der Waals surface area contributed by atoms with E-state index in [0.717, 1.165) is 12.8 Å². The SMILES string of the molecule is CCCCCCCCCCCCCC(=O)NCCCO[P+](=O)[O-]. The maximum atomic E-state index is 11.5. The van der Waals surface area contributed by atoms with E-state index in [4.69, 9.17) is 0 Å². The van der Waals surface area contributed by atoms with E-state index in [9.17, 15) is 14.3 Å². The van der Waals surface area contributed by atoms with E-state index in [1.165, 1.54) is 57.8 Å². The standard InChI is InChI=1S/C17H34NO4P/c1-2-3-4-5-6-7-8-9-10-11-12-14-17(19)18-15-13-16-22-23(20)21/h2-16H2,1H3,(H,18,19). The molecule has 6 heteroatoms. The van der Waals surface area contributed by atoms with Crippen LogP contribution in [-0.2, 0) is 13.9 Å². The first kappa shape index (κ1) is 22.5. The average molecular weight is 347 g/mol. The van der Waals surface area contributed by atoms with Gasteiger partial charge in [0, 0.05) is 13.0 Å². The zero-order valence-electron chi connectivity index (χ0n) is 14.7. The Morgan fingerprint density at radius 2 is 1.43 bits per heavy atom. The first-order valence-electron chi connectivity index (χ1n) is 9.20. The summed E-state index contributed by atoms with van der Waals surface area (Å²) in [6, 6.07) is 0.